The fraction of sp³-hybridized carbons (Fsp3) is 0.750. The number of nitrogens with two attached hydrogens (primary N) is 1. The Bertz CT molecular complexity index is 627. The number of primary amides is 1. The number of amides is 1. The molecule has 0 unspecified atom stereocenters. The lowest BCUT2D eigenvalue weighted by Crippen LogP contribution is -2.45. The molecule has 0 aromatic carbocycles. The van der Waals surface area contributed by atoms with Crippen molar-refractivity contribution in [3.63, 3.8) is 0 Å². The molecule has 1 aliphatic heterocycles. The monoisotopic (exact) mass is 348 g/mol. The highest BCUT2D eigenvalue weighted by Gasteiger charge is 2.40. The third kappa shape index (κ3) is 4.26. The van der Waals surface area contributed by atoms with Crippen LogP contribution < -0.4 is 5.73 Å². The highest BCUT2D eigenvalue weighted by Crippen LogP contribution is 2.44. The van der Waals surface area contributed by atoms with Crippen LogP contribution in [0.15, 0.2) is 10.5 Å². The number of nitrogens with zero attached hydrogens (tertiary/aromatic N) is 1. The number of likely N-dealkylation sites (tertiary alicyclic amines) is 1. The largest absolute Gasteiger partial charge is 0.455 e. The summed E-state index contributed by atoms with van der Waals surface area (Å²) in [6, 6.07) is 1.80. The summed E-state index contributed by atoms with van der Waals surface area (Å²) in [7, 11) is 0. The van der Waals surface area contributed by atoms with E-state index in [9.17, 15) is 9.90 Å². The SMILES string of the molecule is CC(C)(C)c1oc(C(N)=O)cc1CN1CCC[C@](CO)(CC2CC2)C1. The Hall–Kier alpha value is -1.33. The second-order valence-electron chi connectivity index (χ2n) is 9.20. The first kappa shape index (κ1) is 18.5. The molecule has 2 heterocycles. The van der Waals surface area contributed by atoms with Crippen LogP contribution in [-0.2, 0) is 12.0 Å². The molecule has 5 heteroatoms. The predicted molar refractivity (Wildman–Crippen MR) is 97.3 cm³/mol. The van der Waals surface area contributed by atoms with Crippen molar-refractivity contribution in [1.82, 2.24) is 4.90 Å². The molecule has 1 saturated carbocycles. The molecule has 1 aromatic rings. The minimum Gasteiger partial charge on any atom is -0.455 e. The van der Waals surface area contributed by atoms with E-state index in [0.29, 0.717) is 0 Å². The molecule has 5 nitrogen and oxygen atoms in total. The van der Waals surface area contributed by atoms with Crippen molar-refractivity contribution in [2.45, 2.75) is 64.8 Å². The van der Waals surface area contributed by atoms with Crippen LogP contribution in [0.4, 0.5) is 0 Å². The molecule has 1 amide bonds. The molecule has 2 fully saturated rings. The molecule has 140 valence electrons. The predicted octanol–water partition coefficient (Wildman–Crippen LogP) is 3.05. The van der Waals surface area contributed by atoms with Crippen molar-refractivity contribution < 1.29 is 14.3 Å². The molecular formula is C20H32N2O3. The van der Waals surface area contributed by atoms with Crippen molar-refractivity contribution in [2.24, 2.45) is 17.1 Å². The quantitative estimate of drug-likeness (QED) is 0.828. The summed E-state index contributed by atoms with van der Waals surface area (Å²) < 4.78 is 5.78. The number of hydrogen-bond donors (Lipinski definition) is 2. The van der Waals surface area contributed by atoms with E-state index in [1.807, 2.05) is 0 Å². The summed E-state index contributed by atoms with van der Waals surface area (Å²) in [6.07, 6.45) is 6.00. The van der Waals surface area contributed by atoms with Gasteiger partial charge < -0.3 is 15.3 Å². The van der Waals surface area contributed by atoms with Gasteiger partial charge in [0.15, 0.2) is 5.76 Å². The average molecular weight is 348 g/mol. The number of carbonyl (C=O) groups excluding carboxylic acids is 1. The molecule has 25 heavy (non-hydrogen) atoms. The van der Waals surface area contributed by atoms with E-state index in [1.54, 1.807) is 6.07 Å². The zero-order chi connectivity index (χ0) is 18.2. The Balaban J connectivity index is 1.77. The Kier molecular flexibility index (Phi) is 5.00. The van der Waals surface area contributed by atoms with Gasteiger partial charge in [0, 0.05) is 36.1 Å². The van der Waals surface area contributed by atoms with Crippen LogP contribution in [0, 0.1) is 11.3 Å². The van der Waals surface area contributed by atoms with Crippen molar-refractivity contribution >= 4 is 5.91 Å². The Morgan fingerprint density at radius 2 is 2.16 bits per heavy atom. The molecule has 1 atom stereocenters. The minimum atomic E-state index is -0.520. The molecule has 0 radical (unpaired) electrons. The van der Waals surface area contributed by atoms with Gasteiger partial charge >= 0.3 is 0 Å². The Labute approximate surface area is 150 Å². The zero-order valence-electron chi connectivity index (χ0n) is 15.8. The normalized spacial score (nSPS) is 25.3. The van der Waals surface area contributed by atoms with Gasteiger partial charge in [0.05, 0.1) is 0 Å². The lowest BCUT2D eigenvalue weighted by Gasteiger charge is -2.42. The molecule has 1 aliphatic carbocycles. The van der Waals surface area contributed by atoms with Crippen LogP contribution >= 0.6 is 0 Å². The lowest BCUT2D eigenvalue weighted by molar-refractivity contribution is 0.0177. The van der Waals surface area contributed by atoms with E-state index in [0.717, 1.165) is 56.1 Å². The van der Waals surface area contributed by atoms with Gasteiger partial charge in [0.1, 0.15) is 5.76 Å². The van der Waals surface area contributed by atoms with Gasteiger partial charge in [-0.1, -0.05) is 33.6 Å². The van der Waals surface area contributed by atoms with Gasteiger partial charge in [-0.25, -0.2) is 0 Å². The third-order valence-corrected chi connectivity index (χ3v) is 5.62. The van der Waals surface area contributed by atoms with Gasteiger partial charge in [0.2, 0.25) is 0 Å². The van der Waals surface area contributed by atoms with Crippen LogP contribution in [0.25, 0.3) is 0 Å². The fourth-order valence-electron chi connectivity index (χ4n) is 4.28. The van der Waals surface area contributed by atoms with Crippen molar-refractivity contribution in [3.05, 3.63) is 23.2 Å². The number of rotatable bonds is 6. The van der Waals surface area contributed by atoms with E-state index in [2.05, 4.69) is 25.7 Å². The first-order valence-electron chi connectivity index (χ1n) is 9.49. The Morgan fingerprint density at radius 1 is 1.44 bits per heavy atom. The number of piperidine rings is 1. The molecular weight excluding hydrogens is 316 g/mol. The second-order valence-corrected chi connectivity index (χ2v) is 9.20. The maximum atomic E-state index is 11.5. The summed E-state index contributed by atoms with van der Waals surface area (Å²) in [5, 5.41) is 10.1. The van der Waals surface area contributed by atoms with Crippen molar-refractivity contribution in [2.75, 3.05) is 19.7 Å². The number of hydrogen-bond acceptors (Lipinski definition) is 4. The van der Waals surface area contributed by atoms with E-state index in [4.69, 9.17) is 10.2 Å². The summed E-state index contributed by atoms with van der Waals surface area (Å²) in [4.78, 5) is 14.0. The molecule has 0 spiro atoms. The van der Waals surface area contributed by atoms with Crippen LogP contribution in [0.5, 0.6) is 0 Å². The summed E-state index contributed by atoms with van der Waals surface area (Å²) in [6.45, 7) is 9.21. The molecule has 2 aliphatic rings. The number of carbonyl (C=O) groups is 1. The topological polar surface area (TPSA) is 79.7 Å². The van der Waals surface area contributed by atoms with Crippen LogP contribution in [0.2, 0.25) is 0 Å². The molecule has 3 rings (SSSR count). The highest BCUT2D eigenvalue weighted by molar-refractivity contribution is 5.90. The Morgan fingerprint density at radius 3 is 2.72 bits per heavy atom. The average Bonchev–Trinajstić information content (AvgIpc) is 3.22. The van der Waals surface area contributed by atoms with E-state index < -0.39 is 5.91 Å². The van der Waals surface area contributed by atoms with Crippen molar-refractivity contribution in [3.8, 4) is 0 Å². The highest BCUT2D eigenvalue weighted by atomic mass is 16.4. The summed E-state index contributed by atoms with van der Waals surface area (Å²) >= 11 is 0. The maximum absolute atomic E-state index is 11.5. The van der Waals surface area contributed by atoms with Gasteiger partial charge in [-0.15, -0.1) is 0 Å². The fourth-order valence-corrected chi connectivity index (χ4v) is 4.28. The number of aliphatic hydroxyl groups excluding tert-OH is 1. The summed E-state index contributed by atoms with van der Waals surface area (Å²) in [5.41, 5.74) is 6.32. The first-order valence-corrected chi connectivity index (χ1v) is 9.49. The third-order valence-electron chi connectivity index (χ3n) is 5.62. The molecule has 0 bridgehead atoms. The lowest BCUT2D eigenvalue weighted by atomic mass is 9.76. The van der Waals surface area contributed by atoms with Gasteiger partial charge in [-0.3, -0.25) is 9.69 Å². The molecule has 1 saturated heterocycles. The minimum absolute atomic E-state index is 0.0393. The second kappa shape index (κ2) is 6.76. The van der Waals surface area contributed by atoms with E-state index in [1.165, 1.54) is 12.8 Å². The standard InChI is InChI=1S/C20H32N2O3/c1-19(2,3)17-15(9-16(25-17)18(21)24)11-22-8-4-7-20(12-22,13-23)10-14-5-6-14/h9,14,23H,4-8,10-13H2,1-3H3,(H2,21,24)/t20-/m0/s1. The number of aliphatic hydroxyl groups is 1. The zero-order valence-corrected chi connectivity index (χ0v) is 15.8. The van der Waals surface area contributed by atoms with Crippen LogP contribution in [0.1, 0.15) is 74.8 Å². The van der Waals surface area contributed by atoms with Crippen molar-refractivity contribution in [1.29, 1.82) is 0 Å². The van der Waals surface area contributed by atoms with E-state index >= 15 is 0 Å². The van der Waals surface area contributed by atoms with Gasteiger partial charge in [-0.2, -0.15) is 0 Å². The first-order chi connectivity index (χ1) is 11.7. The van der Waals surface area contributed by atoms with Gasteiger partial charge in [0.25, 0.3) is 5.91 Å². The van der Waals surface area contributed by atoms with Crippen LogP contribution in [-0.4, -0.2) is 35.6 Å². The smallest absolute Gasteiger partial charge is 0.284 e. The van der Waals surface area contributed by atoms with E-state index in [-0.39, 0.29) is 23.2 Å². The van der Waals surface area contributed by atoms with Gasteiger partial charge in [-0.05, 0) is 37.8 Å². The molecule has 3 N–H and O–H groups in total. The maximum Gasteiger partial charge on any atom is 0.284 e. The summed E-state index contributed by atoms with van der Waals surface area (Å²) in [5.74, 6) is 1.37. The molecule has 1 aromatic heterocycles. The number of furan rings is 1. The van der Waals surface area contributed by atoms with Crippen LogP contribution in [0.3, 0.4) is 0 Å².